The number of aromatic nitrogens is 2. The molecule has 0 saturated heterocycles. The number of ether oxygens (including phenoxy) is 1. The van der Waals surface area contributed by atoms with Crippen LogP contribution >= 0.6 is 0 Å². The van der Waals surface area contributed by atoms with Gasteiger partial charge in [0.2, 0.25) is 0 Å². The number of aryl methyl sites for hydroxylation is 1. The van der Waals surface area contributed by atoms with Crippen LogP contribution in [0.15, 0.2) is 12.4 Å². The van der Waals surface area contributed by atoms with Crippen molar-refractivity contribution in [2.45, 2.75) is 58.8 Å². The van der Waals surface area contributed by atoms with E-state index in [9.17, 15) is 0 Å². The average molecular weight is 251 g/mol. The van der Waals surface area contributed by atoms with Crippen LogP contribution in [-0.4, -0.2) is 28.8 Å². The summed E-state index contributed by atoms with van der Waals surface area (Å²) in [5, 5.41) is 3.61. The minimum absolute atomic E-state index is 0.219. The fraction of sp³-hybridized carbons (Fsp3) is 0.786. The molecule has 4 nitrogen and oxygen atoms in total. The second-order valence-electron chi connectivity index (χ2n) is 5.75. The summed E-state index contributed by atoms with van der Waals surface area (Å²) in [5.41, 5.74) is 0.219. The summed E-state index contributed by atoms with van der Waals surface area (Å²) in [7, 11) is 1.80. The Balaban J connectivity index is 1.87. The highest BCUT2D eigenvalue weighted by molar-refractivity contribution is 5.03. The highest BCUT2D eigenvalue weighted by Crippen LogP contribution is 2.42. The molecule has 1 N–H and O–H groups in total. The Morgan fingerprint density at radius 3 is 2.94 bits per heavy atom. The van der Waals surface area contributed by atoms with E-state index >= 15 is 0 Å². The summed E-state index contributed by atoms with van der Waals surface area (Å²) in [6.45, 7) is 8.61. The van der Waals surface area contributed by atoms with Gasteiger partial charge < -0.3 is 14.6 Å². The fourth-order valence-corrected chi connectivity index (χ4v) is 2.80. The molecule has 1 aromatic rings. The molecule has 1 aliphatic carbocycles. The van der Waals surface area contributed by atoms with Crippen molar-refractivity contribution in [3.8, 4) is 0 Å². The second kappa shape index (κ2) is 5.41. The largest absolute Gasteiger partial charge is 0.381 e. The molecule has 0 aromatic carbocycles. The van der Waals surface area contributed by atoms with Crippen molar-refractivity contribution in [1.29, 1.82) is 0 Å². The van der Waals surface area contributed by atoms with Crippen LogP contribution < -0.4 is 5.32 Å². The van der Waals surface area contributed by atoms with Gasteiger partial charge >= 0.3 is 0 Å². The highest BCUT2D eigenvalue weighted by atomic mass is 16.5. The Hall–Kier alpha value is -0.870. The van der Waals surface area contributed by atoms with Gasteiger partial charge in [-0.25, -0.2) is 4.98 Å². The molecule has 102 valence electrons. The zero-order valence-corrected chi connectivity index (χ0v) is 11.9. The van der Waals surface area contributed by atoms with E-state index in [1.54, 1.807) is 7.11 Å². The first-order valence-corrected chi connectivity index (χ1v) is 6.85. The third-order valence-electron chi connectivity index (χ3n) is 4.24. The van der Waals surface area contributed by atoms with Crippen molar-refractivity contribution in [1.82, 2.24) is 14.9 Å². The zero-order chi connectivity index (χ0) is 13.2. The van der Waals surface area contributed by atoms with Gasteiger partial charge in [-0.2, -0.15) is 0 Å². The van der Waals surface area contributed by atoms with Crippen LogP contribution in [0.2, 0.25) is 0 Å². The lowest BCUT2D eigenvalue weighted by molar-refractivity contribution is -0.0980. The third kappa shape index (κ3) is 2.45. The number of imidazole rings is 1. The van der Waals surface area contributed by atoms with Crippen LogP contribution in [0.4, 0.5) is 0 Å². The standard InChI is InChI=1S/C14H25N3O/c1-5-7-17-8-6-15-13(17)10-16-11-9-12(18-4)14(11,2)3/h6,8,11-12,16H,5,7,9-10H2,1-4H3. The van der Waals surface area contributed by atoms with Gasteiger partial charge in [0.1, 0.15) is 5.82 Å². The highest BCUT2D eigenvalue weighted by Gasteiger charge is 2.48. The molecule has 0 bridgehead atoms. The molecule has 0 aliphatic heterocycles. The van der Waals surface area contributed by atoms with Crippen LogP contribution in [0.1, 0.15) is 39.4 Å². The molecule has 1 aromatic heterocycles. The van der Waals surface area contributed by atoms with Gasteiger partial charge in [-0.05, 0) is 12.8 Å². The molecule has 1 aliphatic rings. The lowest BCUT2D eigenvalue weighted by Crippen LogP contribution is -2.60. The molecule has 2 rings (SSSR count). The zero-order valence-electron chi connectivity index (χ0n) is 11.9. The maximum absolute atomic E-state index is 5.47. The fourth-order valence-electron chi connectivity index (χ4n) is 2.80. The molecule has 2 atom stereocenters. The molecule has 1 heterocycles. The third-order valence-corrected chi connectivity index (χ3v) is 4.24. The average Bonchev–Trinajstić information content (AvgIpc) is 2.76. The molecule has 1 saturated carbocycles. The molecule has 2 unspecified atom stereocenters. The van der Waals surface area contributed by atoms with E-state index in [1.807, 2.05) is 6.20 Å². The van der Waals surface area contributed by atoms with Crippen LogP contribution in [0.25, 0.3) is 0 Å². The maximum atomic E-state index is 5.47. The quantitative estimate of drug-likeness (QED) is 0.842. The van der Waals surface area contributed by atoms with Gasteiger partial charge in [0.05, 0.1) is 12.6 Å². The molecular weight excluding hydrogens is 226 g/mol. The van der Waals surface area contributed by atoms with E-state index in [0.717, 1.165) is 31.8 Å². The predicted octanol–water partition coefficient (Wildman–Crippen LogP) is 2.20. The van der Waals surface area contributed by atoms with E-state index in [4.69, 9.17) is 4.74 Å². The monoisotopic (exact) mass is 251 g/mol. The normalized spacial score (nSPS) is 26.0. The van der Waals surface area contributed by atoms with Crippen molar-refractivity contribution < 1.29 is 4.74 Å². The Morgan fingerprint density at radius 1 is 1.56 bits per heavy atom. The first-order chi connectivity index (χ1) is 8.59. The van der Waals surface area contributed by atoms with Crippen LogP contribution in [0.5, 0.6) is 0 Å². The Labute approximate surface area is 110 Å². The van der Waals surface area contributed by atoms with Gasteiger partial charge in [0.25, 0.3) is 0 Å². The maximum Gasteiger partial charge on any atom is 0.122 e. The van der Waals surface area contributed by atoms with Crippen LogP contribution in [-0.2, 0) is 17.8 Å². The summed E-state index contributed by atoms with van der Waals surface area (Å²) >= 11 is 0. The number of hydrogen-bond donors (Lipinski definition) is 1. The summed E-state index contributed by atoms with van der Waals surface area (Å²) in [4.78, 5) is 4.42. The van der Waals surface area contributed by atoms with Gasteiger partial charge in [0, 0.05) is 37.5 Å². The van der Waals surface area contributed by atoms with Gasteiger partial charge in [-0.1, -0.05) is 20.8 Å². The molecule has 0 radical (unpaired) electrons. The first-order valence-electron chi connectivity index (χ1n) is 6.85. The molecule has 18 heavy (non-hydrogen) atoms. The summed E-state index contributed by atoms with van der Waals surface area (Å²) in [5.74, 6) is 1.13. The Morgan fingerprint density at radius 2 is 2.33 bits per heavy atom. The van der Waals surface area contributed by atoms with Gasteiger partial charge in [-0.15, -0.1) is 0 Å². The molecule has 1 fully saturated rings. The second-order valence-corrected chi connectivity index (χ2v) is 5.75. The van der Waals surface area contributed by atoms with Gasteiger partial charge in [-0.3, -0.25) is 0 Å². The Kier molecular flexibility index (Phi) is 4.07. The summed E-state index contributed by atoms with van der Waals surface area (Å²) < 4.78 is 7.70. The van der Waals surface area contributed by atoms with Crippen molar-refractivity contribution in [2.24, 2.45) is 5.41 Å². The summed E-state index contributed by atoms with van der Waals surface area (Å²) in [6, 6.07) is 0.522. The lowest BCUT2D eigenvalue weighted by atomic mass is 9.64. The van der Waals surface area contributed by atoms with E-state index in [2.05, 4.69) is 41.8 Å². The number of methoxy groups -OCH3 is 1. The molecular formula is C14H25N3O. The molecule has 0 spiro atoms. The minimum atomic E-state index is 0.219. The smallest absolute Gasteiger partial charge is 0.122 e. The predicted molar refractivity (Wildman–Crippen MR) is 72.3 cm³/mol. The van der Waals surface area contributed by atoms with Crippen LogP contribution in [0, 0.1) is 5.41 Å². The van der Waals surface area contributed by atoms with E-state index in [1.165, 1.54) is 0 Å². The topological polar surface area (TPSA) is 39.1 Å². The van der Waals surface area contributed by atoms with E-state index < -0.39 is 0 Å². The molecule has 4 heteroatoms. The van der Waals surface area contributed by atoms with Crippen molar-refractivity contribution >= 4 is 0 Å². The number of rotatable bonds is 6. The first kappa shape index (κ1) is 13.6. The number of hydrogen-bond acceptors (Lipinski definition) is 3. The Bertz CT molecular complexity index is 386. The van der Waals surface area contributed by atoms with E-state index in [0.29, 0.717) is 12.1 Å². The van der Waals surface area contributed by atoms with Gasteiger partial charge in [0.15, 0.2) is 0 Å². The number of nitrogens with one attached hydrogen (secondary N) is 1. The SMILES string of the molecule is CCCn1ccnc1CNC1CC(OC)C1(C)C. The summed E-state index contributed by atoms with van der Waals surface area (Å²) in [6.07, 6.45) is 6.56. The molecule has 0 amide bonds. The van der Waals surface area contributed by atoms with Crippen molar-refractivity contribution in [2.75, 3.05) is 7.11 Å². The minimum Gasteiger partial charge on any atom is -0.381 e. The lowest BCUT2D eigenvalue weighted by Gasteiger charge is -2.51. The van der Waals surface area contributed by atoms with E-state index in [-0.39, 0.29) is 5.41 Å². The van der Waals surface area contributed by atoms with Crippen LogP contribution in [0.3, 0.4) is 0 Å². The van der Waals surface area contributed by atoms with Crippen molar-refractivity contribution in [3.63, 3.8) is 0 Å². The van der Waals surface area contributed by atoms with Crippen molar-refractivity contribution in [3.05, 3.63) is 18.2 Å². The number of nitrogens with zero attached hydrogens (tertiary/aromatic N) is 2.